The predicted molar refractivity (Wildman–Crippen MR) is 110 cm³/mol. The highest BCUT2D eigenvalue weighted by Gasteiger charge is 2.40. The van der Waals surface area contributed by atoms with Crippen molar-refractivity contribution >= 4 is 21.6 Å². The number of aliphatic hydroxyl groups is 1. The number of hydrogen-bond acceptors (Lipinski definition) is 6. The average Bonchev–Trinajstić information content (AvgIpc) is 2.97. The molecule has 0 aliphatic carbocycles. The molecule has 0 bridgehead atoms. The molecule has 0 fully saturated rings. The van der Waals surface area contributed by atoms with Crippen LogP contribution in [0.2, 0.25) is 0 Å². The van der Waals surface area contributed by atoms with Gasteiger partial charge in [0.1, 0.15) is 11.5 Å². The van der Waals surface area contributed by atoms with Crippen LogP contribution in [0.25, 0.3) is 0 Å². The highest BCUT2D eigenvalue weighted by Crippen LogP contribution is 2.34. The minimum Gasteiger partial charge on any atom is -0.488 e. The van der Waals surface area contributed by atoms with Crippen LogP contribution in [0.15, 0.2) is 41.9 Å². The molecule has 1 amide bonds. The van der Waals surface area contributed by atoms with E-state index < -0.39 is 27.6 Å². The zero-order valence-electron chi connectivity index (χ0n) is 16.8. The molecule has 2 aromatic rings. The number of carbonyl (C=O) groups excluding carboxylic acids is 1. The third kappa shape index (κ3) is 3.82. The van der Waals surface area contributed by atoms with Crippen LogP contribution in [0.5, 0.6) is 5.75 Å². The van der Waals surface area contributed by atoms with Gasteiger partial charge in [0.15, 0.2) is 11.4 Å². The summed E-state index contributed by atoms with van der Waals surface area (Å²) in [4.78, 5) is 12.7. The number of hydrogen-bond donors (Lipinski definition) is 3. The van der Waals surface area contributed by atoms with E-state index in [9.17, 15) is 23.6 Å². The Morgan fingerprint density at radius 2 is 2.23 bits per heavy atom. The number of benzene rings is 1. The number of aryl methyl sites for hydroxylation is 2. The van der Waals surface area contributed by atoms with Crippen molar-refractivity contribution in [2.24, 2.45) is 7.05 Å². The standard InChI is InChI=1S/C20H22N4O5S/c1-5-20(3,26)16-11-29-18-15(30(27,28)23-16)10-24(4)17(18)19(25)22-14-7-6-12(2)13(8-14)9-21/h5-8,10,16,23,26H,1,11H2,2-4H3,(H,22,25). The first-order valence-corrected chi connectivity index (χ1v) is 10.5. The Hall–Kier alpha value is -3.13. The minimum absolute atomic E-state index is 0.00615. The van der Waals surface area contributed by atoms with Gasteiger partial charge in [-0.1, -0.05) is 12.1 Å². The Morgan fingerprint density at radius 1 is 1.53 bits per heavy atom. The number of fused-ring (bicyclic) bond motifs is 1. The van der Waals surface area contributed by atoms with Gasteiger partial charge in [0, 0.05) is 18.9 Å². The summed E-state index contributed by atoms with van der Waals surface area (Å²) in [5, 5.41) is 22.2. The van der Waals surface area contributed by atoms with Gasteiger partial charge in [0.25, 0.3) is 5.91 Å². The van der Waals surface area contributed by atoms with Crippen molar-refractivity contribution in [2.45, 2.75) is 30.4 Å². The molecular weight excluding hydrogens is 408 g/mol. The second-order valence-corrected chi connectivity index (χ2v) is 8.97. The molecule has 0 saturated carbocycles. The number of nitriles is 1. The molecule has 2 atom stereocenters. The molecule has 1 aliphatic rings. The summed E-state index contributed by atoms with van der Waals surface area (Å²) in [5.74, 6) is -0.715. The number of anilines is 1. The summed E-state index contributed by atoms with van der Waals surface area (Å²) >= 11 is 0. The quantitative estimate of drug-likeness (QED) is 0.629. The minimum atomic E-state index is -4.07. The molecule has 1 aromatic heterocycles. The van der Waals surface area contributed by atoms with Crippen molar-refractivity contribution in [2.75, 3.05) is 11.9 Å². The molecule has 0 radical (unpaired) electrons. The van der Waals surface area contributed by atoms with E-state index in [4.69, 9.17) is 4.74 Å². The van der Waals surface area contributed by atoms with Gasteiger partial charge in [-0.25, -0.2) is 13.1 Å². The number of aromatic nitrogens is 1. The van der Waals surface area contributed by atoms with Crippen molar-refractivity contribution in [3.05, 3.63) is 53.9 Å². The fraction of sp³-hybridized carbons (Fsp3) is 0.300. The zero-order valence-corrected chi connectivity index (χ0v) is 17.6. The molecule has 30 heavy (non-hydrogen) atoms. The van der Waals surface area contributed by atoms with Crippen LogP contribution in [-0.2, 0) is 17.1 Å². The Balaban J connectivity index is 1.99. The monoisotopic (exact) mass is 430 g/mol. The van der Waals surface area contributed by atoms with Gasteiger partial charge in [-0.05, 0) is 31.5 Å². The Labute approximate surface area is 174 Å². The van der Waals surface area contributed by atoms with Crippen molar-refractivity contribution < 1.29 is 23.1 Å². The van der Waals surface area contributed by atoms with Gasteiger partial charge in [0.2, 0.25) is 10.0 Å². The van der Waals surface area contributed by atoms with Gasteiger partial charge in [-0.2, -0.15) is 5.26 Å². The summed E-state index contributed by atoms with van der Waals surface area (Å²) in [7, 11) is -2.55. The van der Waals surface area contributed by atoms with E-state index in [1.54, 1.807) is 19.1 Å². The highest BCUT2D eigenvalue weighted by atomic mass is 32.2. The van der Waals surface area contributed by atoms with E-state index in [1.807, 2.05) is 6.07 Å². The second kappa shape index (κ2) is 7.60. The van der Waals surface area contributed by atoms with Gasteiger partial charge >= 0.3 is 0 Å². The number of ether oxygens (including phenoxy) is 1. The number of amides is 1. The van der Waals surface area contributed by atoms with Crippen molar-refractivity contribution in [3.8, 4) is 11.8 Å². The number of sulfonamides is 1. The maximum absolute atomic E-state index is 12.9. The van der Waals surface area contributed by atoms with Gasteiger partial charge < -0.3 is 19.7 Å². The van der Waals surface area contributed by atoms with Gasteiger partial charge in [0.05, 0.1) is 23.3 Å². The summed E-state index contributed by atoms with van der Waals surface area (Å²) in [6, 6.07) is 5.93. The molecule has 9 nitrogen and oxygen atoms in total. The average molecular weight is 430 g/mol. The van der Waals surface area contributed by atoms with E-state index in [1.165, 1.54) is 36.9 Å². The lowest BCUT2D eigenvalue weighted by Crippen LogP contribution is -2.51. The fourth-order valence-corrected chi connectivity index (χ4v) is 4.57. The van der Waals surface area contributed by atoms with E-state index >= 15 is 0 Å². The fourth-order valence-electron chi connectivity index (χ4n) is 3.06. The van der Waals surface area contributed by atoms with Crippen LogP contribution in [0.3, 0.4) is 0 Å². The second-order valence-electron chi connectivity index (χ2n) is 7.29. The molecule has 1 aromatic carbocycles. The van der Waals surface area contributed by atoms with Crippen LogP contribution in [0.1, 0.15) is 28.5 Å². The van der Waals surface area contributed by atoms with Gasteiger partial charge in [-0.15, -0.1) is 6.58 Å². The topological polar surface area (TPSA) is 133 Å². The van der Waals surface area contributed by atoms with Crippen LogP contribution >= 0.6 is 0 Å². The Kier molecular flexibility index (Phi) is 5.47. The molecule has 10 heteroatoms. The largest absolute Gasteiger partial charge is 0.488 e. The zero-order chi connectivity index (χ0) is 22.3. The lowest BCUT2D eigenvalue weighted by Gasteiger charge is -2.28. The van der Waals surface area contributed by atoms with E-state index in [0.29, 0.717) is 11.3 Å². The molecular formula is C20H22N4O5S. The van der Waals surface area contributed by atoms with Crippen LogP contribution in [-0.4, -0.2) is 42.2 Å². The Morgan fingerprint density at radius 3 is 2.87 bits per heavy atom. The molecule has 2 heterocycles. The van der Waals surface area contributed by atoms with Crippen molar-refractivity contribution in [3.63, 3.8) is 0 Å². The number of carbonyl (C=O) groups is 1. The van der Waals surface area contributed by atoms with Crippen LogP contribution < -0.4 is 14.8 Å². The van der Waals surface area contributed by atoms with Crippen molar-refractivity contribution in [1.29, 1.82) is 5.26 Å². The van der Waals surface area contributed by atoms with E-state index in [-0.39, 0.29) is 22.9 Å². The Bertz CT molecular complexity index is 1170. The van der Waals surface area contributed by atoms with Crippen LogP contribution in [0.4, 0.5) is 5.69 Å². The maximum atomic E-state index is 12.9. The molecule has 3 rings (SSSR count). The summed E-state index contributed by atoms with van der Waals surface area (Å²) < 4.78 is 35.1. The summed E-state index contributed by atoms with van der Waals surface area (Å²) in [5.41, 5.74) is 0.00382. The highest BCUT2D eigenvalue weighted by molar-refractivity contribution is 7.89. The maximum Gasteiger partial charge on any atom is 0.276 e. The molecule has 0 spiro atoms. The lowest BCUT2D eigenvalue weighted by molar-refractivity contribution is 0.0555. The normalized spacial score (nSPS) is 19.4. The van der Waals surface area contributed by atoms with E-state index in [0.717, 1.165) is 5.56 Å². The number of nitrogens with zero attached hydrogens (tertiary/aromatic N) is 2. The summed E-state index contributed by atoms with van der Waals surface area (Å²) in [6.07, 6.45) is 2.49. The van der Waals surface area contributed by atoms with E-state index in [2.05, 4.69) is 16.6 Å². The molecule has 0 saturated heterocycles. The molecule has 1 aliphatic heterocycles. The predicted octanol–water partition coefficient (Wildman–Crippen LogP) is 1.43. The third-order valence-corrected chi connectivity index (χ3v) is 6.50. The number of rotatable bonds is 4. The molecule has 3 N–H and O–H groups in total. The first kappa shape index (κ1) is 21.6. The number of nitrogens with one attached hydrogen (secondary N) is 2. The first-order chi connectivity index (χ1) is 14.0. The van der Waals surface area contributed by atoms with Crippen molar-refractivity contribution in [1.82, 2.24) is 9.29 Å². The summed E-state index contributed by atoms with van der Waals surface area (Å²) in [6.45, 7) is 6.49. The lowest BCUT2D eigenvalue weighted by atomic mass is 9.98. The molecule has 2 unspecified atom stereocenters. The smallest absolute Gasteiger partial charge is 0.276 e. The molecule has 158 valence electrons. The van der Waals surface area contributed by atoms with Gasteiger partial charge in [-0.3, -0.25) is 4.79 Å². The van der Waals surface area contributed by atoms with Crippen LogP contribution in [0, 0.1) is 18.3 Å². The third-order valence-electron chi connectivity index (χ3n) is 5.03. The first-order valence-electron chi connectivity index (χ1n) is 9.02. The SMILES string of the molecule is C=CC(C)(O)C1COc2c(cn(C)c2C(=O)Nc2ccc(C)c(C#N)c2)S(=O)(=O)N1.